The number of hydrogen-bond donors (Lipinski definition) is 0. The van der Waals surface area contributed by atoms with Crippen molar-refractivity contribution in [2.24, 2.45) is 4.99 Å². The summed E-state index contributed by atoms with van der Waals surface area (Å²) in [6.07, 6.45) is -9.14. The summed E-state index contributed by atoms with van der Waals surface area (Å²) >= 11 is 0.986. The molecule has 1 aliphatic rings. The van der Waals surface area contributed by atoms with Crippen molar-refractivity contribution in [1.82, 2.24) is 4.90 Å². The van der Waals surface area contributed by atoms with Crippen molar-refractivity contribution in [3.63, 3.8) is 0 Å². The van der Waals surface area contributed by atoms with Crippen molar-refractivity contribution in [1.29, 1.82) is 0 Å². The van der Waals surface area contributed by atoms with Gasteiger partial charge in [-0.25, -0.2) is 9.38 Å². The second-order valence-corrected chi connectivity index (χ2v) is 7.21. The topological polar surface area (TPSA) is 32.7 Å². The van der Waals surface area contributed by atoms with Crippen LogP contribution < -0.4 is 0 Å². The Kier molecular flexibility index (Phi) is 6.16. The highest BCUT2D eigenvalue weighted by atomic mass is 32.2. The third-order valence-corrected chi connectivity index (χ3v) is 5.11. The van der Waals surface area contributed by atoms with Crippen molar-refractivity contribution >= 4 is 40.3 Å². The van der Waals surface area contributed by atoms with Gasteiger partial charge in [0, 0.05) is 4.90 Å². The lowest BCUT2D eigenvalue weighted by Gasteiger charge is -2.18. The Morgan fingerprint density at radius 3 is 2.42 bits per heavy atom. The van der Waals surface area contributed by atoms with Crippen LogP contribution >= 0.6 is 23.5 Å². The molecule has 1 heterocycles. The summed E-state index contributed by atoms with van der Waals surface area (Å²) < 4.78 is 88.5. The van der Waals surface area contributed by atoms with E-state index in [-0.39, 0.29) is 38.8 Å². The zero-order valence-electron chi connectivity index (χ0n) is 13.0. The van der Waals surface area contributed by atoms with Crippen molar-refractivity contribution in [3.8, 4) is 0 Å². The average molecular weight is 420 g/mol. The van der Waals surface area contributed by atoms with Crippen LogP contribution in [0.2, 0.25) is 0 Å². The van der Waals surface area contributed by atoms with Gasteiger partial charge in [0.05, 0.1) is 17.2 Å². The number of aryl methyl sites for hydroxylation is 1. The van der Waals surface area contributed by atoms with Crippen molar-refractivity contribution in [3.05, 3.63) is 23.5 Å². The summed E-state index contributed by atoms with van der Waals surface area (Å²) in [4.78, 5) is 15.7. The van der Waals surface area contributed by atoms with Crippen LogP contribution in [0.1, 0.15) is 5.56 Å². The number of amides is 1. The molecule has 1 saturated heterocycles. The molecule has 3 nitrogen and oxygen atoms in total. The quantitative estimate of drug-likeness (QED) is 0.512. The Bertz CT molecular complexity index is 731. The lowest BCUT2D eigenvalue weighted by atomic mass is 10.2. The van der Waals surface area contributed by atoms with E-state index in [1.54, 1.807) is 0 Å². The van der Waals surface area contributed by atoms with Crippen LogP contribution in [-0.4, -0.2) is 46.4 Å². The Morgan fingerprint density at radius 1 is 1.19 bits per heavy atom. The van der Waals surface area contributed by atoms with Crippen molar-refractivity contribution < 1.29 is 35.5 Å². The van der Waals surface area contributed by atoms with Crippen LogP contribution in [-0.2, 0) is 4.79 Å². The zero-order valence-corrected chi connectivity index (χ0v) is 14.7. The van der Waals surface area contributed by atoms with Gasteiger partial charge in [-0.2, -0.15) is 26.3 Å². The smallest absolute Gasteiger partial charge is 0.281 e. The molecule has 0 saturated carbocycles. The van der Waals surface area contributed by atoms with E-state index in [1.165, 1.54) is 6.92 Å². The number of nitrogens with zero attached hydrogens (tertiary/aromatic N) is 2. The third-order valence-electron chi connectivity index (χ3n) is 3.05. The van der Waals surface area contributed by atoms with E-state index in [4.69, 9.17) is 0 Å². The van der Waals surface area contributed by atoms with E-state index in [2.05, 4.69) is 4.99 Å². The first-order chi connectivity index (χ1) is 11.9. The number of carbonyl (C=O) groups excluding carboxylic acids is 1. The molecular weight excluding hydrogens is 409 g/mol. The van der Waals surface area contributed by atoms with Crippen molar-refractivity contribution in [2.45, 2.75) is 24.2 Å². The maximum Gasteiger partial charge on any atom is 0.406 e. The molecule has 0 bridgehead atoms. The number of alkyl halides is 6. The van der Waals surface area contributed by atoms with Gasteiger partial charge in [-0.3, -0.25) is 9.69 Å². The zero-order chi connectivity index (χ0) is 19.7. The van der Waals surface area contributed by atoms with Crippen LogP contribution in [0.15, 0.2) is 22.0 Å². The summed E-state index contributed by atoms with van der Waals surface area (Å²) in [6, 6.07) is 1.98. The first kappa shape index (κ1) is 20.9. The number of hydrogen-bond acceptors (Lipinski definition) is 4. The standard InChI is InChI=1S/C14H11F7N2OS2/c1-7-2-8(15)10(26-6-14(19,20)21)3-9(7)22-12-23(5-13(16,17)18)11(24)4-25-12/h2-3H,4-6H2,1H3/b22-12-. The van der Waals surface area contributed by atoms with Gasteiger partial charge in [-0.15, -0.1) is 11.8 Å². The molecule has 144 valence electrons. The largest absolute Gasteiger partial charge is 0.406 e. The second kappa shape index (κ2) is 7.67. The monoisotopic (exact) mass is 420 g/mol. The minimum atomic E-state index is -4.63. The van der Waals surface area contributed by atoms with Gasteiger partial charge in [0.2, 0.25) is 5.91 Å². The summed E-state index contributed by atoms with van der Waals surface area (Å²) in [5.41, 5.74) is 0.221. The summed E-state index contributed by atoms with van der Waals surface area (Å²) in [5.74, 6) is -3.22. The molecular formula is C14H11F7N2OS2. The molecule has 1 aromatic rings. The molecule has 0 aromatic heterocycles. The second-order valence-electron chi connectivity index (χ2n) is 5.25. The Labute approximate surface area is 152 Å². The number of carbonyl (C=O) groups is 1. The first-order valence-corrected chi connectivity index (χ1v) is 8.91. The first-order valence-electron chi connectivity index (χ1n) is 6.94. The van der Waals surface area contributed by atoms with Gasteiger partial charge >= 0.3 is 12.4 Å². The minimum Gasteiger partial charge on any atom is -0.281 e. The highest BCUT2D eigenvalue weighted by molar-refractivity contribution is 8.15. The van der Waals surface area contributed by atoms with Crippen LogP contribution in [0, 0.1) is 12.7 Å². The lowest BCUT2D eigenvalue weighted by Crippen LogP contribution is -2.38. The average Bonchev–Trinajstić information content (AvgIpc) is 2.79. The molecule has 0 aliphatic carbocycles. The summed E-state index contributed by atoms with van der Waals surface area (Å²) in [6.45, 7) is -0.107. The highest BCUT2D eigenvalue weighted by Gasteiger charge is 2.39. The Morgan fingerprint density at radius 2 is 1.85 bits per heavy atom. The van der Waals surface area contributed by atoms with Crippen LogP contribution in [0.4, 0.5) is 36.4 Å². The van der Waals surface area contributed by atoms with Gasteiger partial charge < -0.3 is 0 Å². The minimum absolute atomic E-state index is 0.000416. The normalized spacial score (nSPS) is 17.5. The molecule has 1 aromatic carbocycles. The van der Waals surface area contributed by atoms with Gasteiger partial charge in [0.15, 0.2) is 5.17 Å². The van der Waals surface area contributed by atoms with Gasteiger partial charge in [-0.05, 0) is 24.6 Å². The fourth-order valence-electron chi connectivity index (χ4n) is 1.95. The van der Waals surface area contributed by atoms with Crippen LogP contribution in [0.5, 0.6) is 0 Å². The van der Waals surface area contributed by atoms with E-state index in [0.29, 0.717) is 4.90 Å². The number of halogens is 7. The number of benzene rings is 1. The van der Waals surface area contributed by atoms with E-state index in [0.717, 1.165) is 23.9 Å². The molecule has 0 unspecified atom stereocenters. The maximum atomic E-state index is 13.8. The SMILES string of the molecule is Cc1cc(F)c(SCC(F)(F)F)cc1/N=C1\SCC(=O)N1CC(F)(F)F. The fraction of sp³-hybridized carbons (Fsp3) is 0.429. The van der Waals surface area contributed by atoms with Gasteiger partial charge in [0.1, 0.15) is 12.4 Å². The molecule has 0 N–H and O–H groups in total. The lowest BCUT2D eigenvalue weighted by molar-refractivity contribution is -0.150. The van der Waals surface area contributed by atoms with Gasteiger partial charge in [0.25, 0.3) is 0 Å². The number of thioether (sulfide) groups is 2. The van der Waals surface area contributed by atoms with E-state index >= 15 is 0 Å². The molecule has 1 aliphatic heterocycles. The molecule has 12 heteroatoms. The maximum absolute atomic E-state index is 13.8. The summed E-state index contributed by atoms with van der Waals surface area (Å²) in [5, 5.41) is -0.228. The molecule has 1 amide bonds. The summed E-state index contributed by atoms with van der Waals surface area (Å²) in [7, 11) is 0. The van der Waals surface area contributed by atoms with Crippen LogP contribution in [0.25, 0.3) is 0 Å². The van der Waals surface area contributed by atoms with E-state index in [1.807, 2.05) is 0 Å². The third kappa shape index (κ3) is 5.79. The van der Waals surface area contributed by atoms with E-state index in [9.17, 15) is 35.5 Å². The predicted molar refractivity (Wildman–Crippen MR) is 85.2 cm³/mol. The molecule has 1 fully saturated rings. The predicted octanol–water partition coefficient (Wildman–Crippen LogP) is 4.91. The van der Waals surface area contributed by atoms with Gasteiger partial charge in [-0.1, -0.05) is 11.8 Å². The Hall–Kier alpha value is -1.43. The molecule has 0 radical (unpaired) electrons. The number of amidine groups is 1. The molecule has 0 spiro atoms. The molecule has 2 rings (SSSR count). The molecule has 26 heavy (non-hydrogen) atoms. The van der Waals surface area contributed by atoms with Crippen LogP contribution in [0.3, 0.4) is 0 Å². The number of aliphatic imine (C=N–C) groups is 1. The fourth-order valence-corrected chi connectivity index (χ4v) is 3.56. The van der Waals surface area contributed by atoms with Crippen molar-refractivity contribution in [2.75, 3.05) is 18.1 Å². The number of rotatable bonds is 4. The molecule has 0 atom stereocenters. The van der Waals surface area contributed by atoms with E-state index < -0.39 is 36.4 Å². The Balaban J connectivity index is 2.32. The highest BCUT2D eigenvalue weighted by Crippen LogP contribution is 2.35.